The molecule has 3 N–H and O–H groups in total. The van der Waals surface area contributed by atoms with Crippen LogP contribution in [0.3, 0.4) is 0 Å². The minimum atomic E-state index is -1.47. The van der Waals surface area contributed by atoms with Gasteiger partial charge >= 0.3 is 0 Å². The van der Waals surface area contributed by atoms with E-state index in [9.17, 15) is 13.6 Å². The van der Waals surface area contributed by atoms with E-state index >= 15 is 0 Å². The van der Waals surface area contributed by atoms with Crippen LogP contribution in [0.15, 0.2) is 113 Å². The van der Waals surface area contributed by atoms with Crippen LogP contribution >= 0.6 is 15.9 Å². The number of hydrogen-bond donors (Lipinski definition) is 3. The molecule has 0 saturated carbocycles. The first-order chi connectivity index (χ1) is 21.9. The van der Waals surface area contributed by atoms with Gasteiger partial charge in [0.2, 0.25) is 5.90 Å². The fraction of sp³-hybridized carbons (Fsp3) is 0.200. The van der Waals surface area contributed by atoms with Crippen LogP contribution in [-0.4, -0.2) is 35.7 Å². The maximum absolute atomic E-state index is 14.2. The number of nitrogens with zero attached hydrogens (tertiary/aromatic N) is 1. The fourth-order valence-electron chi connectivity index (χ4n) is 4.97. The van der Waals surface area contributed by atoms with Crippen LogP contribution in [0.2, 0.25) is 0 Å². The highest BCUT2D eigenvalue weighted by atomic mass is 79.9. The second-order valence-electron chi connectivity index (χ2n) is 10.4. The summed E-state index contributed by atoms with van der Waals surface area (Å²) < 4.78 is 40.4. The van der Waals surface area contributed by atoms with Crippen molar-refractivity contribution in [3.63, 3.8) is 0 Å². The number of hydrogen-bond acceptors (Lipinski definition) is 6. The van der Waals surface area contributed by atoms with E-state index < -0.39 is 29.2 Å². The first-order valence-electron chi connectivity index (χ1n) is 14.4. The third kappa shape index (κ3) is 8.02. The summed E-state index contributed by atoms with van der Waals surface area (Å²) in [6, 6.07) is 27.5. The number of carbonyl (C=O) groups excluding carboxylic acids is 1. The van der Waals surface area contributed by atoms with Gasteiger partial charge in [-0.2, -0.15) is 0 Å². The van der Waals surface area contributed by atoms with Gasteiger partial charge in [0.15, 0.2) is 11.6 Å². The van der Waals surface area contributed by atoms with Crippen LogP contribution in [0.4, 0.5) is 8.78 Å². The molecule has 1 aliphatic rings. The molecule has 0 fully saturated rings. The second kappa shape index (κ2) is 15.1. The molecule has 0 spiro atoms. The highest BCUT2D eigenvalue weighted by Gasteiger charge is 2.53. The van der Waals surface area contributed by atoms with Crippen molar-refractivity contribution >= 4 is 33.8 Å². The Bertz CT molecular complexity index is 1650. The van der Waals surface area contributed by atoms with Crippen molar-refractivity contribution in [1.29, 1.82) is 0 Å². The van der Waals surface area contributed by atoms with Gasteiger partial charge in [-0.15, -0.1) is 0 Å². The minimum Gasteiger partial charge on any atom is -0.494 e. The largest absolute Gasteiger partial charge is 0.494 e. The lowest BCUT2D eigenvalue weighted by Crippen LogP contribution is -2.52. The summed E-state index contributed by atoms with van der Waals surface area (Å²) in [6.07, 6.45) is 3.65. The number of halogens is 3. The highest BCUT2D eigenvalue weighted by molar-refractivity contribution is 9.10. The Balaban J connectivity index is 1.49. The van der Waals surface area contributed by atoms with Crippen LogP contribution in [0.25, 0.3) is 6.08 Å². The molecule has 4 aromatic rings. The summed E-state index contributed by atoms with van der Waals surface area (Å²) in [6.45, 7) is 0.394. The number of carbonyl (C=O) groups is 1. The topological polar surface area (TPSA) is 92.2 Å². The lowest BCUT2D eigenvalue weighted by molar-refractivity contribution is -0.129. The minimum absolute atomic E-state index is 0.0226. The Morgan fingerprint density at radius 2 is 1.71 bits per heavy atom. The highest BCUT2D eigenvalue weighted by Crippen LogP contribution is 2.45. The van der Waals surface area contributed by atoms with Crippen LogP contribution < -0.4 is 15.6 Å². The van der Waals surface area contributed by atoms with Crippen LogP contribution in [-0.2, 0) is 16.1 Å². The first-order valence-corrected chi connectivity index (χ1v) is 15.2. The van der Waals surface area contributed by atoms with Gasteiger partial charge in [0, 0.05) is 47.7 Å². The van der Waals surface area contributed by atoms with Gasteiger partial charge in [0.25, 0.3) is 5.91 Å². The Morgan fingerprint density at radius 3 is 2.42 bits per heavy atom. The Morgan fingerprint density at radius 1 is 1.00 bits per heavy atom. The summed E-state index contributed by atoms with van der Waals surface area (Å²) in [4.78, 5) is 19.2. The van der Waals surface area contributed by atoms with E-state index in [0.717, 1.165) is 21.7 Å². The molecule has 1 aliphatic heterocycles. The molecule has 4 aromatic carbocycles. The lowest BCUT2D eigenvalue weighted by Gasteiger charge is -2.30. The van der Waals surface area contributed by atoms with Crippen molar-refractivity contribution < 1.29 is 28.2 Å². The molecule has 5 rings (SSSR count). The molecule has 45 heavy (non-hydrogen) atoms. The molecule has 7 nitrogen and oxygen atoms in total. The number of amides is 1. The molecule has 0 radical (unpaired) electrons. The van der Waals surface area contributed by atoms with Crippen molar-refractivity contribution in [3.8, 4) is 5.75 Å². The van der Waals surface area contributed by atoms with E-state index in [1.54, 1.807) is 24.3 Å². The van der Waals surface area contributed by atoms with Gasteiger partial charge < -0.3 is 14.6 Å². The van der Waals surface area contributed by atoms with Crippen LogP contribution in [0.1, 0.15) is 41.2 Å². The number of aliphatic hydroxyl groups excluding tert-OH is 1. The van der Waals surface area contributed by atoms with E-state index in [2.05, 4.69) is 26.8 Å². The molecule has 1 heterocycles. The van der Waals surface area contributed by atoms with E-state index in [0.29, 0.717) is 29.9 Å². The van der Waals surface area contributed by atoms with Crippen molar-refractivity contribution in [2.24, 2.45) is 4.99 Å². The molecule has 10 heteroatoms. The summed E-state index contributed by atoms with van der Waals surface area (Å²) in [5.41, 5.74) is 6.70. The first kappa shape index (κ1) is 32.0. The van der Waals surface area contributed by atoms with Crippen LogP contribution in [0.5, 0.6) is 5.75 Å². The number of aliphatic imine (C=N–C) groups is 1. The number of aliphatic hydroxyl groups is 1. The molecule has 232 valence electrons. The summed E-state index contributed by atoms with van der Waals surface area (Å²) >= 11 is 3.62. The van der Waals surface area contributed by atoms with Crippen LogP contribution in [0, 0.1) is 11.6 Å². The Hall–Kier alpha value is -4.38. The average Bonchev–Trinajstić information content (AvgIpc) is 3.42. The van der Waals surface area contributed by atoms with Crippen molar-refractivity contribution in [2.75, 3.05) is 13.2 Å². The Kier molecular flexibility index (Phi) is 10.7. The molecule has 0 bridgehead atoms. The zero-order valence-electron chi connectivity index (χ0n) is 24.3. The van der Waals surface area contributed by atoms with Gasteiger partial charge in [-0.05, 0) is 53.6 Å². The number of benzene rings is 4. The molecular weight excluding hydrogens is 644 g/mol. The molecule has 0 aliphatic carbocycles. The number of nitrogens with one attached hydrogen (secondary N) is 2. The van der Waals surface area contributed by atoms with Crippen molar-refractivity contribution in [3.05, 3.63) is 141 Å². The van der Waals surface area contributed by atoms with E-state index in [-0.39, 0.29) is 25.5 Å². The van der Waals surface area contributed by atoms with Gasteiger partial charge in [-0.3, -0.25) is 10.2 Å². The molecule has 0 saturated heterocycles. The van der Waals surface area contributed by atoms with Gasteiger partial charge in [-0.1, -0.05) is 76.6 Å². The average molecular weight is 677 g/mol. The molecule has 0 aromatic heterocycles. The third-order valence-corrected chi connectivity index (χ3v) is 7.90. The maximum Gasteiger partial charge on any atom is 0.266 e. The molecule has 1 amide bonds. The van der Waals surface area contributed by atoms with Gasteiger partial charge in [0.1, 0.15) is 17.4 Å². The molecule has 2 atom stereocenters. The van der Waals surface area contributed by atoms with E-state index in [1.165, 1.54) is 12.1 Å². The normalized spacial score (nSPS) is 17.6. The smallest absolute Gasteiger partial charge is 0.266 e. The van der Waals surface area contributed by atoms with E-state index in [1.807, 2.05) is 66.7 Å². The van der Waals surface area contributed by atoms with Gasteiger partial charge in [-0.25, -0.2) is 19.2 Å². The maximum atomic E-state index is 14.2. The predicted octanol–water partition coefficient (Wildman–Crippen LogP) is 6.67. The van der Waals surface area contributed by atoms with Crippen molar-refractivity contribution in [1.82, 2.24) is 10.9 Å². The number of ether oxygens (including phenoxy) is 2. The summed E-state index contributed by atoms with van der Waals surface area (Å²) in [5, 5.41) is 9.04. The zero-order chi connectivity index (χ0) is 31.6. The fourth-order valence-corrected chi connectivity index (χ4v) is 5.46. The number of rotatable bonds is 13. The SMILES string of the molecule is O=C(NNCc1cc(F)cc(F)c1)[C@@]1(C/C=C/c2ccccc2)N=C(c2ccc(OCCCO)cc2)O[C@H]1c1ccccc1Br. The lowest BCUT2D eigenvalue weighted by atomic mass is 9.84. The summed E-state index contributed by atoms with van der Waals surface area (Å²) in [5.74, 6) is -1.01. The quantitative estimate of drug-likeness (QED) is 0.109. The summed E-state index contributed by atoms with van der Waals surface area (Å²) in [7, 11) is 0. The second-order valence-corrected chi connectivity index (χ2v) is 11.3. The molecule has 0 unspecified atom stereocenters. The Labute approximate surface area is 268 Å². The number of hydrazine groups is 1. The zero-order valence-corrected chi connectivity index (χ0v) is 25.8. The predicted molar refractivity (Wildman–Crippen MR) is 172 cm³/mol. The van der Waals surface area contributed by atoms with Crippen molar-refractivity contribution in [2.45, 2.75) is 31.0 Å². The molecular formula is C35H32BrF2N3O4. The van der Waals surface area contributed by atoms with Gasteiger partial charge in [0.05, 0.1) is 6.61 Å². The third-order valence-electron chi connectivity index (χ3n) is 7.17. The standard InChI is InChI=1S/C35H32BrF2N3O4/c36-31-12-5-4-11-30(31)32-35(17-6-10-24-8-2-1-3-9-24,34(43)41-39-23-25-20-27(37)22-28(38)21-25)40-33(45-32)26-13-15-29(16-14-26)44-19-7-18-42/h1-6,8-16,20-22,32,39,42H,7,17-19,23H2,(H,41,43)/b10-6+/t32-,35-/m0/s1. The monoisotopic (exact) mass is 675 g/mol. The van der Waals surface area contributed by atoms with E-state index in [4.69, 9.17) is 19.6 Å².